The molecule has 2 saturated heterocycles. The van der Waals surface area contributed by atoms with E-state index >= 15 is 0 Å². The van der Waals surface area contributed by atoms with E-state index in [0.717, 1.165) is 11.1 Å². The number of rotatable bonds is 4. The molecule has 4 bridgehead atoms. The molecule has 242 valence electrons. The third-order valence-electron chi connectivity index (χ3n) is 9.85. The highest BCUT2D eigenvalue weighted by Gasteiger charge is 2.61. The highest BCUT2D eigenvalue weighted by atomic mass is 32.2. The summed E-state index contributed by atoms with van der Waals surface area (Å²) in [6.07, 6.45) is 2.30. The Balaban J connectivity index is 1.58. The van der Waals surface area contributed by atoms with Crippen molar-refractivity contribution in [2.75, 3.05) is 32.8 Å². The quantitative estimate of drug-likeness (QED) is 0.284. The minimum Gasteiger partial charge on any atom is -0.504 e. The molecule has 5 aliphatic rings. The second kappa shape index (κ2) is 11.4. The van der Waals surface area contributed by atoms with Crippen molar-refractivity contribution in [3.63, 3.8) is 0 Å². The van der Waals surface area contributed by atoms with Crippen molar-refractivity contribution in [1.29, 1.82) is 5.26 Å². The zero-order valence-electron chi connectivity index (χ0n) is 26.1. The van der Waals surface area contributed by atoms with E-state index in [2.05, 4.69) is 22.4 Å². The Morgan fingerprint density at radius 1 is 1.24 bits per heavy atom. The Hall–Kier alpha value is -3.96. The lowest BCUT2D eigenvalue weighted by molar-refractivity contribution is -0.150. The van der Waals surface area contributed by atoms with Crippen LogP contribution in [0.4, 0.5) is 0 Å². The molecule has 0 radical (unpaired) electrons. The van der Waals surface area contributed by atoms with Gasteiger partial charge in [0.2, 0.25) is 6.79 Å². The first kappa shape index (κ1) is 30.7. The molecule has 12 nitrogen and oxygen atoms in total. The fourth-order valence-corrected chi connectivity index (χ4v) is 9.67. The lowest BCUT2D eigenvalue weighted by atomic mass is 9.71. The fraction of sp³-hybridized carbons (Fsp3) is 0.485. The van der Waals surface area contributed by atoms with E-state index in [1.165, 1.54) is 25.8 Å². The van der Waals surface area contributed by atoms with Crippen LogP contribution >= 0.6 is 11.8 Å². The molecule has 0 aliphatic carbocycles. The van der Waals surface area contributed by atoms with Crippen molar-refractivity contribution in [2.45, 2.75) is 68.7 Å². The van der Waals surface area contributed by atoms with Gasteiger partial charge in [-0.05, 0) is 31.4 Å². The summed E-state index contributed by atoms with van der Waals surface area (Å²) in [6, 6.07) is 1.15. The Kier molecular flexibility index (Phi) is 7.59. The fourth-order valence-electron chi connectivity index (χ4n) is 8.23. The van der Waals surface area contributed by atoms with Crippen molar-refractivity contribution >= 4 is 23.7 Å². The Labute approximate surface area is 270 Å². The Morgan fingerprint density at radius 2 is 2.00 bits per heavy atom. The van der Waals surface area contributed by atoms with E-state index in [4.69, 9.17) is 29.4 Å². The molecule has 2 aromatic rings. The number of benzene rings is 2. The van der Waals surface area contributed by atoms with Crippen LogP contribution in [0.5, 0.6) is 28.7 Å². The number of cyclic esters (lactones) is 1. The molecule has 2 unspecified atom stereocenters. The molecule has 13 heteroatoms. The summed E-state index contributed by atoms with van der Waals surface area (Å²) in [5, 5.41) is 22.3. The number of hydrogen-bond donors (Lipinski definition) is 2. The summed E-state index contributed by atoms with van der Waals surface area (Å²) < 4.78 is 29.6. The van der Waals surface area contributed by atoms with Gasteiger partial charge in [0, 0.05) is 53.6 Å². The molecular weight excluding hydrogens is 612 g/mol. The van der Waals surface area contributed by atoms with Gasteiger partial charge in [-0.15, -0.1) is 18.3 Å². The lowest BCUT2D eigenvalue weighted by Gasteiger charge is -2.62. The van der Waals surface area contributed by atoms with Gasteiger partial charge in [0.1, 0.15) is 24.4 Å². The van der Waals surface area contributed by atoms with Gasteiger partial charge in [-0.3, -0.25) is 19.4 Å². The van der Waals surface area contributed by atoms with Gasteiger partial charge >= 0.3 is 11.9 Å². The van der Waals surface area contributed by atoms with E-state index in [0.29, 0.717) is 58.2 Å². The molecular formula is C33H36N4O8S. The van der Waals surface area contributed by atoms with Crippen LogP contribution in [-0.4, -0.2) is 83.8 Å². The third-order valence-corrected chi connectivity index (χ3v) is 11.3. The molecule has 2 aromatic carbocycles. The first-order chi connectivity index (χ1) is 22.1. The molecule has 2 fully saturated rings. The number of phenols is 1. The van der Waals surface area contributed by atoms with Gasteiger partial charge in [-0.25, -0.2) is 0 Å². The van der Waals surface area contributed by atoms with Crippen molar-refractivity contribution in [3.8, 4) is 34.8 Å². The van der Waals surface area contributed by atoms with E-state index in [9.17, 15) is 20.0 Å². The number of carbonyl (C=O) groups excluding carboxylic acids is 2. The van der Waals surface area contributed by atoms with Gasteiger partial charge < -0.3 is 34.5 Å². The van der Waals surface area contributed by atoms with Crippen LogP contribution in [-0.2, 0) is 20.7 Å². The average Bonchev–Trinajstić information content (AvgIpc) is 3.51. The standard InChI is InChI=1S/C33H36N4O8S/c1-6-7-36-19-9-17-8-14(2)28(41-5)27(39)22(17)25(36)26-32-24-23(31-30(43-13-44-31)15(3)29(24)45-16(4)38)21(37(26)20(19)10-34)11-42-33(40)18(35)12-46-32/h6,8,18-21,25-26,32,39H,1,7,9,11-13,35H2,2-5H3/t18?,19-,20-,21+,25-,26?,32+/m0/s1. The highest BCUT2D eigenvalue weighted by molar-refractivity contribution is 7.99. The molecule has 0 saturated carbocycles. The Bertz CT molecular complexity index is 1710. The topological polar surface area (TPSA) is 157 Å². The number of fused-ring (bicyclic) bond motifs is 9. The van der Waals surface area contributed by atoms with E-state index < -0.39 is 47.4 Å². The van der Waals surface area contributed by atoms with E-state index in [-0.39, 0.29) is 30.9 Å². The van der Waals surface area contributed by atoms with Gasteiger partial charge in [-0.1, -0.05) is 12.1 Å². The molecule has 5 aliphatic heterocycles. The molecule has 0 spiro atoms. The maximum Gasteiger partial charge on any atom is 0.323 e. The number of aromatic hydroxyl groups is 1. The second-order valence-corrected chi connectivity index (χ2v) is 13.5. The smallest absolute Gasteiger partial charge is 0.323 e. The van der Waals surface area contributed by atoms with Gasteiger partial charge in [-0.2, -0.15) is 5.26 Å². The van der Waals surface area contributed by atoms with Crippen molar-refractivity contribution in [2.24, 2.45) is 5.73 Å². The zero-order chi connectivity index (χ0) is 32.6. The highest BCUT2D eigenvalue weighted by Crippen LogP contribution is 2.64. The summed E-state index contributed by atoms with van der Waals surface area (Å²) >= 11 is 1.43. The van der Waals surface area contributed by atoms with Gasteiger partial charge in [0.15, 0.2) is 23.0 Å². The maximum atomic E-state index is 13.0. The number of methoxy groups -OCH3 is 1. The van der Waals surface area contributed by atoms with Crippen LogP contribution < -0.4 is 24.7 Å². The molecule has 0 aromatic heterocycles. The number of aryl methyl sites for hydroxylation is 1. The SMILES string of the molecule is C=CCN1[C@H]2c3c(cc(C)c(OC)c3O)C[C@H]1[C@H](C#N)N1C2[C@@H]2SCC(N)C(=O)OC[C@@H]1c1c3c(c(C)c(OC(C)=O)c12)OCO3. The van der Waals surface area contributed by atoms with Crippen LogP contribution in [0, 0.1) is 25.2 Å². The molecule has 5 heterocycles. The molecule has 46 heavy (non-hydrogen) atoms. The molecule has 7 rings (SSSR count). The third kappa shape index (κ3) is 4.31. The number of phenolic OH excluding ortho intramolecular Hbond substituents is 1. The number of nitrogens with two attached hydrogens (primary N) is 1. The summed E-state index contributed by atoms with van der Waals surface area (Å²) in [5.74, 6) is 0.861. The number of ether oxygens (including phenoxy) is 5. The first-order valence-electron chi connectivity index (χ1n) is 15.2. The summed E-state index contributed by atoms with van der Waals surface area (Å²) in [4.78, 5) is 30.0. The Morgan fingerprint density at radius 3 is 2.70 bits per heavy atom. The minimum absolute atomic E-state index is 0.0365. The largest absolute Gasteiger partial charge is 0.504 e. The molecule has 3 N–H and O–H groups in total. The number of nitriles is 1. The van der Waals surface area contributed by atoms with Crippen molar-refractivity contribution < 1.29 is 38.4 Å². The summed E-state index contributed by atoms with van der Waals surface area (Å²) in [7, 11) is 1.53. The van der Waals surface area contributed by atoms with Crippen molar-refractivity contribution in [3.05, 3.63) is 52.1 Å². The van der Waals surface area contributed by atoms with Gasteiger partial charge in [0.25, 0.3) is 0 Å². The first-order valence-corrected chi connectivity index (χ1v) is 16.3. The van der Waals surface area contributed by atoms with Crippen LogP contribution in [0.2, 0.25) is 0 Å². The maximum absolute atomic E-state index is 13.0. The average molecular weight is 649 g/mol. The van der Waals surface area contributed by atoms with E-state index in [1.54, 1.807) is 6.08 Å². The van der Waals surface area contributed by atoms with Gasteiger partial charge in [0.05, 0.1) is 30.5 Å². The zero-order valence-corrected chi connectivity index (χ0v) is 26.9. The number of hydrogen-bond acceptors (Lipinski definition) is 13. The predicted molar refractivity (Wildman–Crippen MR) is 167 cm³/mol. The molecule has 7 atom stereocenters. The minimum atomic E-state index is -0.907. The summed E-state index contributed by atoms with van der Waals surface area (Å²) in [5.41, 5.74) is 10.8. The lowest BCUT2D eigenvalue weighted by Crippen LogP contribution is -2.70. The summed E-state index contributed by atoms with van der Waals surface area (Å²) in [6.45, 7) is 9.38. The number of esters is 2. The number of thioether (sulfide) groups is 1. The monoisotopic (exact) mass is 648 g/mol. The van der Waals surface area contributed by atoms with Crippen LogP contribution in [0.25, 0.3) is 0 Å². The predicted octanol–water partition coefficient (Wildman–Crippen LogP) is 3.12. The molecule has 0 amide bonds. The van der Waals surface area contributed by atoms with Crippen LogP contribution in [0.15, 0.2) is 18.7 Å². The normalized spacial score (nSPS) is 29.5. The van der Waals surface area contributed by atoms with Crippen molar-refractivity contribution in [1.82, 2.24) is 9.80 Å². The van der Waals surface area contributed by atoms with Crippen LogP contribution in [0.3, 0.4) is 0 Å². The van der Waals surface area contributed by atoms with Crippen LogP contribution in [0.1, 0.15) is 57.6 Å². The number of nitrogens with zero attached hydrogens (tertiary/aromatic N) is 3. The number of piperazine rings is 1. The number of carbonyl (C=O) groups is 2. The second-order valence-electron chi connectivity index (χ2n) is 12.3. The van der Waals surface area contributed by atoms with E-state index in [1.807, 2.05) is 19.9 Å².